The van der Waals surface area contributed by atoms with Crippen LogP contribution >= 0.6 is 0 Å². The highest BCUT2D eigenvalue weighted by Crippen LogP contribution is 1.99. The number of hydrogen-bond acceptors (Lipinski definition) is 2. The third-order valence-electron chi connectivity index (χ3n) is 2.52. The van der Waals surface area contributed by atoms with Gasteiger partial charge in [-0.05, 0) is 38.1 Å². The Bertz CT molecular complexity index is 146. The van der Waals surface area contributed by atoms with Crippen molar-refractivity contribution in [1.29, 1.82) is 0 Å². The van der Waals surface area contributed by atoms with E-state index in [-0.39, 0.29) is 0 Å². The van der Waals surface area contributed by atoms with E-state index in [2.05, 4.69) is 25.7 Å². The Hall–Kier alpha value is -0.340. The maximum Gasteiger partial charge on any atom is 0.0590 e. The first-order valence-corrected chi connectivity index (χ1v) is 6.66. The molecule has 0 amide bonds. The lowest BCUT2D eigenvalue weighted by Gasteiger charge is -2.07. The van der Waals surface area contributed by atoms with E-state index in [9.17, 15) is 0 Å². The van der Waals surface area contributed by atoms with Crippen LogP contribution in [-0.4, -0.2) is 26.3 Å². The van der Waals surface area contributed by atoms with Gasteiger partial charge in [-0.2, -0.15) is 0 Å². The fourth-order valence-electron chi connectivity index (χ4n) is 1.41. The van der Waals surface area contributed by atoms with E-state index in [0.29, 0.717) is 0 Å². The molecule has 2 heteroatoms. The van der Waals surface area contributed by atoms with Gasteiger partial charge in [-0.3, -0.25) is 0 Å². The average Bonchev–Trinajstić information content (AvgIpc) is 2.25. The standard InChI is InChI=1S/C14H29NO/c1-4-5-6-7-8-10-15-11-13-16-12-9-14(2)3/h4,14-15H,1,5-13H2,2-3H3. The predicted octanol–water partition coefficient (Wildman–Crippen LogP) is 3.39. The molecule has 0 aliphatic carbocycles. The van der Waals surface area contributed by atoms with Gasteiger partial charge in [0, 0.05) is 13.2 Å². The SMILES string of the molecule is C=CCCCCCNCCOCCC(C)C. The molecule has 0 rings (SSSR count). The zero-order valence-corrected chi connectivity index (χ0v) is 11.1. The molecule has 1 N–H and O–H groups in total. The molecule has 0 fully saturated rings. The number of unbranched alkanes of at least 4 members (excludes halogenated alkanes) is 3. The summed E-state index contributed by atoms with van der Waals surface area (Å²) in [5, 5.41) is 3.40. The summed E-state index contributed by atoms with van der Waals surface area (Å²) in [6.45, 7) is 12.0. The number of ether oxygens (including phenoxy) is 1. The molecular weight excluding hydrogens is 198 g/mol. The Morgan fingerprint density at radius 1 is 1.12 bits per heavy atom. The van der Waals surface area contributed by atoms with Crippen LogP contribution in [-0.2, 0) is 4.74 Å². The minimum Gasteiger partial charge on any atom is -0.380 e. The molecule has 0 saturated carbocycles. The van der Waals surface area contributed by atoms with Crippen LogP contribution in [0.4, 0.5) is 0 Å². The third-order valence-corrected chi connectivity index (χ3v) is 2.52. The molecule has 16 heavy (non-hydrogen) atoms. The Balaban J connectivity index is 2.90. The molecule has 0 spiro atoms. The van der Waals surface area contributed by atoms with Crippen LogP contribution in [0.2, 0.25) is 0 Å². The van der Waals surface area contributed by atoms with Gasteiger partial charge in [-0.1, -0.05) is 26.3 Å². The summed E-state index contributed by atoms with van der Waals surface area (Å²) in [4.78, 5) is 0. The van der Waals surface area contributed by atoms with E-state index in [1.54, 1.807) is 0 Å². The molecule has 96 valence electrons. The molecule has 0 saturated heterocycles. The first-order chi connectivity index (χ1) is 7.77. The smallest absolute Gasteiger partial charge is 0.0590 e. The maximum atomic E-state index is 5.51. The summed E-state index contributed by atoms with van der Waals surface area (Å²) in [6.07, 6.45) is 8.15. The molecule has 0 aromatic rings. The van der Waals surface area contributed by atoms with E-state index in [0.717, 1.165) is 38.6 Å². The molecule has 2 nitrogen and oxygen atoms in total. The predicted molar refractivity (Wildman–Crippen MR) is 71.8 cm³/mol. The van der Waals surface area contributed by atoms with Crippen LogP contribution in [0.5, 0.6) is 0 Å². The summed E-state index contributed by atoms with van der Waals surface area (Å²) in [5.74, 6) is 0.748. The zero-order chi connectivity index (χ0) is 12.1. The highest BCUT2D eigenvalue weighted by molar-refractivity contribution is 4.65. The summed E-state index contributed by atoms with van der Waals surface area (Å²) in [6, 6.07) is 0. The fourth-order valence-corrected chi connectivity index (χ4v) is 1.41. The van der Waals surface area contributed by atoms with Gasteiger partial charge >= 0.3 is 0 Å². The second-order valence-corrected chi connectivity index (χ2v) is 4.68. The van der Waals surface area contributed by atoms with Gasteiger partial charge in [-0.25, -0.2) is 0 Å². The average molecular weight is 227 g/mol. The second-order valence-electron chi connectivity index (χ2n) is 4.68. The first kappa shape index (κ1) is 15.7. The number of rotatable bonds is 12. The van der Waals surface area contributed by atoms with Crippen LogP contribution in [0.25, 0.3) is 0 Å². The Morgan fingerprint density at radius 3 is 2.62 bits per heavy atom. The topological polar surface area (TPSA) is 21.3 Å². The lowest BCUT2D eigenvalue weighted by molar-refractivity contribution is 0.125. The normalized spacial score (nSPS) is 10.9. The molecule has 0 aliphatic rings. The van der Waals surface area contributed by atoms with Crippen molar-refractivity contribution in [3.63, 3.8) is 0 Å². The molecular formula is C14H29NO. The van der Waals surface area contributed by atoms with Crippen molar-refractivity contribution in [2.45, 2.75) is 46.0 Å². The Labute approximate surface area is 101 Å². The number of nitrogens with one attached hydrogen (secondary N) is 1. The van der Waals surface area contributed by atoms with Crippen molar-refractivity contribution in [1.82, 2.24) is 5.32 Å². The molecule has 0 heterocycles. The quantitative estimate of drug-likeness (QED) is 0.407. The van der Waals surface area contributed by atoms with Gasteiger partial charge in [0.1, 0.15) is 0 Å². The van der Waals surface area contributed by atoms with Crippen molar-refractivity contribution in [2.75, 3.05) is 26.3 Å². The monoisotopic (exact) mass is 227 g/mol. The van der Waals surface area contributed by atoms with E-state index in [1.165, 1.54) is 25.7 Å². The number of hydrogen-bond donors (Lipinski definition) is 1. The van der Waals surface area contributed by atoms with Gasteiger partial charge in [0.05, 0.1) is 6.61 Å². The maximum absolute atomic E-state index is 5.51. The van der Waals surface area contributed by atoms with Crippen molar-refractivity contribution in [2.24, 2.45) is 5.92 Å². The number of allylic oxidation sites excluding steroid dienone is 1. The molecule has 0 unspecified atom stereocenters. The minimum atomic E-state index is 0.748. The largest absolute Gasteiger partial charge is 0.380 e. The van der Waals surface area contributed by atoms with E-state index in [4.69, 9.17) is 4.74 Å². The molecule has 0 atom stereocenters. The second kappa shape index (κ2) is 12.7. The van der Waals surface area contributed by atoms with Crippen LogP contribution < -0.4 is 5.32 Å². The first-order valence-electron chi connectivity index (χ1n) is 6.66. The van der Waals surface area contributed by atoms with Gasteiger partial charge in [0.2, 0.25) is 0 Å². The van der Waals surface area contributed by atoms with E-state index in [1.807, 2.05) is 6.08 Å². The van der Waals surface area contributed by atoms with Gasteiger partial charge < -0.3 is 10.1 Å². The van der Waals surface area contributed by atoms with Gasteiger partial charge in [0.25, 0.3) is 0 Å². The van der Waals surface area contributed by atoms with Crippen LogP contribution in [0, 0.1) is 5.92 Å². The molecule has 0 aliphatic heterocycles. The molecule has 0 aromatic heterocycles. The van der Waals surface area contributed by atoms with Gasteiger partial charge in [-0.15, -0.1) is 6.58 Å². The zero-order valence-electron chi connectivity index (χ0n) is 11.1. The summed E-state index contributed by atoms with van der Waals surface area (Å²) in [7, 11) is 0. The van der Waals surface area contributed by atoms with Gasteiger partial charge in [0.15, 0.2) is 0 Å². The third kappa shape index (κ3) is 13.7. The summed E-state index contributed by atoms with van der Waals surface area (Å²) < 4.78 is 5.51. The lowest BCUT2D eigenvalue weighted by atomic mass is 10.1. The minimum absolute atomic E-state index is 0.748. The van der Waals surface area contributed by atoms with Crippen molar-refractivity contribution >= 4 is 0 Å². The van der Waals surface area contributed by atoms with E-state index < -0.39 is 0 Å². The van der Waals surface area contributed by atoms with Crippen LogP contribution in [0.15, 0.2) is 12.7 Å². The molecule has 0 radical (unpaired) electrons. The molecule has 0 aromatic carbocycles. The van der Waals surface area contributed by atoms with Crippen LogP contribution in [0.1, 0.15) is 46.0 Å². The van der Waals surface area contributed by atoms with Crippen LogP contribution in [0.3, 0.4) is 0 Å². The lowest BCUT2D eigenvalue weighted by Crippen LogP contribution is -2.21. The summed E-state index contributed by atoms with van der Waals surface area (Å²) >= 11 is 0. The van der Waals surface area contributed by atoms with Crippen molar-refractivity contribution in [3.05, 3.63) is 12.7 Å². The highest BCUT2D eigenvalue weighted by Gasteiger charge is 1.93. The van der Waals surface area contributed by atoms with Crippen molar-refractivity contribution < 1.29 is 4.74 Å². The fraction of sp³-hybridized carbons (Fsp3) is 0.857. The Kier molecular flexibility index (Phi) is 12.5. The van der Waals surface area contributed by atoms with Crippen molar-refractivity contribution in [3.8, 4) is 0 Å². The Morgan fingerprint density at radius 2 is 1.94 bits per heavy atom. The molecule has 0 bridgehead atoms. The summed E-state index contributed by atoms with van der Waals surface area (Å²) in [5.41, 5.74) is 0. The van der Waals surface area contributed by atoms with E-state index >= 15 is 0 Å². The highest BCUT2D eigenvalue weighted by atomic mass is 16.5.